The van der Waals surface area contributed by atoms with Crippen LogP contribution in [0.25, 0.3) is 0 Å². The van der Waals surface area contributed by atoms with Gasteiger partial charge in [-0.2, -0.15) is 13.2 Å². The van der Waals surface area contributed by atoms with E-state index < -0.39 is 35.0 Å². The van der Waals surface area contributed by atoms with Gasteiger partial charge >= 0.3 is 6.18 Å². The molecule has 0 saturated heterocycles. The van der Waals surface area contributed by atoms with E-state index in [-0.39, 0.29) is 22.2 Å². The molecule has 2 rings (SSSR count). The van der Waals surface area contributed by atoms with Crippen LogP contribution >= 0.6 is 0 Å². The van der Waals surface area contributed by atoms with E-state index in [1.54, 1.807) is 0 Å². The summed E-state index contributed by atoms with van der Waals surface area (Å²) in [4.78, 5) is 23.4. The molecule has 0 N–H and O–H groups in total. The standard InChI is InChI=1S/C14H13F3O4S/c1-21-22(20)13-6-9(14(15,16)17)4-5-10(13)12(19)7-11(18)8-2-3-8/h4-6,8H,2-3,7H2,1H3. The van der Waals surface area contributed by atoms with Gasteiger partial charge in [0.1, 0.15) is 5.78 Å². The Morgan fingerprint density at radius 3 is 2.45 bits per heavy atom. The second-order valence-corrected chi connectivity index (χ2v) is 6.19. The quantitative estimate of drug-likeness (QED) is 0.593. The first-order valence-corrected chi connectivity index (χ1v) is 7.55. The first kappa shape index (κ1) is 16.8. The van der Waals surface area contributed by atoms with Gasteiger partial charge in [-0.3, -0.25) is 13.8 Å². The van der Waals surface area contributed by atoms with Gasteiger partial charge in [-0.1, -0.05) is 0 Å². The molecular weight excluding hydrogens is 321 g/mol. The molecule has 1 aliphatic rings. The highest BCUT2D eigenvalue weighted by atomic mass is 32.2. The lowest BCUT2D eigenvalue weighted by Gasteiger charge is -2.11. The maximum atomic E-state index is 12.7. The molecule has 1 aliphatic carbocycles. The summed E-state index contributed by atoms with van der Waals surface area (Å²) in [6.07, 6.45) is -3.56. The van der Waals surface area contributed by atoms with E-state index in [1.807, 2.05) is 0 Å². The third kappa shape index (κ3) is 3.80. The van der Waals surface area contributed by atoms with Gasteiger partial charge in [0.15, 0.2) is 16.9 Å². The lowest BCUT2D eigenvalue weighted by molar-refractivity contribution is -0.137. The number of Topliss-reactive ketones (excluding diaryl/α,β-unsaturated/α-hetero) is 2. The van der Waals surface area contributed by atoms with Crippen LogP contribution in [0.15, 0.2) is 23.1 Å². The van der Waals surface area contributed by atoms with Crippen LogP contribution in [-0.4, -0.2) is 22.9 Å². The molecule has 120 valence electrons. The minimum absolute atomic E-state index is 0.130. The van der Waals surface area contributed by atoms with E-state index in [2.05, 4.69) is 4.18 Å². The van der Waals surface area contributed by atoms with E-state index in [9.17, 15) is 27.0 Å². The molecule has 8 heteroatoms. The topological polar surface area (TPSA) is 60.4 Å². The average molecular weight is 334 g/mol. The number of carbonyl (C=O) groups is 2. The van der Waals surface area contributed by atoms with Gasteiger partial charge < -0.3 is 0 Å². The summed E-state index contributed by atoms with van der Waals surface area (Å²) in [6.45, 7) is 0. The van der Waals surface area contributed by atoms with Crippen molar-refractivity contribution < 1.29 is 31.2 Å². The monoisotopic (exact) mass is 334 g/mol. The van der Waals surface area contributed by atoms with Gasteiger partial charge in [0.2, 0.25) is 0 Å². The molecule has 1 atom stereocenters. The minimum Gasteiger partial charge on any atom is -0.299 e. The maximum Gasteiger partial charge on any atom is 0.416 e. The Bertz CT molecular complexity index is 635. The first-order valence-electron chi connectivity index (χ1n) is 6.47. The Balaban J connectivity index is 2.34. The fourth-order valence-electron chi connectivity index (χ4n) is 1.96. The van der Waals surface area contributed by atoms with Crippen LogP contribution in [0.2, 0.25) is 0 Å². The summed E-state index contributed by atoms with van der Waals surface area (Å²) in [5.41, 5.74) is -1.21. The summed E-state index contributed by atoms with van der Waals surface area (Å²) in [5, 5.41) is 0. The van der Waals surface area contributed by atoms with Crippen molar-refractivity contribution in [1.29, 1.82) is 0 Å². The highest BCUT2D eigenvalue weighted by Crippen LogP contribution is 2.33. The fourth-order valence-corrected chi connectivity index (χ4v) is 2.72. The number of ketones is 2. The van der Waals surface area contributed by atoms with Crippen molar-refractivity contribution in [3.05, 3.63) is 29.3 Å². The smallest absolute Gasteiger partial charge is 0.299 e. The Kier molecular flexibility index (Phi) is 4.81. The van der Waals surface area contributed by atoms with Gasteiger partial charge in [0, 0.05) is 11.5 Å². The van der Waals surface area contributed by atoms with E-state index in [0.29, 0.717) is 6.07 Å². The van der Waals surface area contributed by atoms with Gasteiger partial charge in [0.05, 0.1) is 24.0 Å². The molecule has 22 heavy (non-hydrogen) atoms. The summed E-state index contributed by atoms with van der Waals surface area (Å²) >= 11 is -2.21. The third-order valence-corrected chi connectivity index (χ3v) is 4.31. The lowest BCUT2D eigenvalue weighted by atomic mass is 10.0. The van der Waals surface area contributed by atoms with Crippen LogP contribution in [0.5, 0.6) is 0 Å². The molecule has 0 spiro atoms. The van der Waals surface area contributed by atoms with Gasteiger partial charge in [-0.05, 0) is 31.0 Å². The number of hydrogen-bond donors (Lipinski definition) is 0. The van der Waals surface area contributed by atoms with Crippen LogP contribution < -0.4 is 0 Å². The van der Waals surface area contributed by atoms with E-state index in [0.717, 1.165) is 32.1 Å². The van der Waals surface area contributed by atoms with Crippen LogP contribution in [-0.2, 0) is 26.2 Å². The molecule has 0 radical (unpaired) electrons. The molecule has 1 unspecified atom stereocenters. The molecule has 1 saturated carbocycles. The second-order valence-electron chi connectivity index (χ2n) is 4.95. The van der Waals surface area contributed by atoms with Gasteiger partial charge in [0.25, 0.3) is 0 Å². The minimum atomic E-state index is -4.63. The molecule has 0 aromatic heterocycles. The van der Waals surface area contributed by atoms with Gasteiger partial charge in [-0.25, -0.2) is 4.21 Å². The van der Waals surface area contributed by atoms with E-state index in [1.165, 1.54) is 0 Å². The lowest BCUT2D eigenvalue weighted by Crippen LogP contribution is -2.14. The summed E-state index contributed by atoms with van der Waals surface area (Å²) in [5.74, 6) is -1.01. The fraction of sp³-hybridized carbons (Fsp3) is 0.429. The largest absolute Gasteiger partial charge is 0.416 e. The van der Waals surface area contributed by atoms with Crippen molar-refractivity contribution in [3.63, 3.8) is 0 Å². The number of rotatable bonds is 6. The van der Waals surface area contributed by atoms with E-state index in [4.69, 9.17) is 0 Å². The predicted molar refractivity (Wildman–Crippen MR) is 71.5 cm³/mol. The zero-order chi connectivity index (χ0) is 16.5. The van der Waals surface area contributed by atoms with Crippen molar-refractivity contribution >= 4 is 22.6 Å². The third-order valence-electron chi connectivity index (χ3n) is 3.31. The molecule has 0 bridgehead atoms. The maximum absolute atomic E-state index is 12.7. The SMILES string of the molecule is COS(=O)c1cc(C(F)(F)F)ccc1C(=O)CC(=O)C1CC1. The summed E-state index contributed by atoms with van der Waals surface area (Å²) in [7, 11) is 1.06. The van der Waals surface area contributed by atoms with Crippen molar-refractivity contribution in [3.8, 4) is 0 Å². The molecule has 1 aromatic rings. The van der Waals surface area contributed by atoms with Crippen molar-refractivity contribution in [2.24, 2.45) is 5.92 Å². The number of carbonyl (C=O) groups excluding carboxylic acids is 2. The summed E-state index contributed by atoms with van der Waals surface area (Å²) in [6, 6.07) is 2.29. The Morgan fingerprint density at radius 2 is 1.95 bits per heavy atom. The van der Waals surface area contributed by atoms with E-state index >= 15 is 0 Å². The normalized spacial score (nSPS) is 16.4. The number of alkyl halides is 3. The van der Waals surface area contributed by atoms with Crippen LogP contribution in [0.1, 0.15) is 35.2 Å². The van der Waals surface area contributed by atoms with Gasteiger partial charge in [-0.15, -0.1) is 0 Å². The Morgan fingerprint density at radius 1 is 1.32 bits per heavy atom. The molecular formula is C14H13F3O4S. The van der Waals surface area contributed by atoms with Crippen LogP contribution in [0.4, 0.5) is 13.2 Å². The molecule has 0 aliphatic heterocycles. The number of benzene rings is 1. The number of halogens is 3. The Hall–Kier alpha value is -1.54. The molecule has 0 amide bonds. The van der Waals surface area contributed by atoms with Crippen molar-refractivity contribution in [2.75, 3.05) is 7.11 Å². The zero-order valence-electron chi connectivity index (χ0n) is 11.6. The Labute approximate surface area is 127 Å². The second kappa shape index (κ2) is 6.29. The van der Waals surface area contributed by atoms with Crippen LogP contribution in [0, 0.1) is 5.92 Å². The zero-order valence-corrected chi connectivity index (χ0v) is 12.4. The van der Waals surface area contributed by atoms with Crippen LogP contribution in [0.3, 0.4) is 0 Å². The molecule has 4 nitrogen and oxygen atoms in total. The highest BCUT2D eigenvalue weighted by Gasteiger charge is 2.34. The average Bonchev–Trinajstić information content (AvgIpc) is 3.29. The molecule has 0 heterocycles. The van der Waals surface area contributed by atoms with Crippen molar-refractivity contribution in [1.82, 2.24) is 0 Å². The van der Waals surface area contributed by atoms with Crippen molar-refractivity contribution in [2.45, 2.75) is 30.3 Å². The first-order chi connectivity index (χ1) is 10.2. The predicted octanol–water partition coefficient (Wildman–Crippen LogP) is 2.93. The molecule has 1 fully saturated rings. The number of hydrogen-bond acceptors (Lipinski definition) is 4. The molecule has 1 aromatic carbocycles. The summed E-state index contributed by atoms with van der Waals surface area (Å²) < 4.78 is 54.4. The highest BCUT2D eigenvalue weighted by molar-refractivity contribution is 7.80.